The summed E-state index contributed by atoms with van der Waals surface area (Å²) in [4.78, 5) is 0. The molecule has 0 spiro atoms. The predicted molar refractivity (Wildman–Crippen MR) is 68.2 cm³/mol. The van der Waals surface area contributed by atoms with Gasteiger partial charge in [-0.15, -0.1) is 0 Å². The van der Waals surface area contributed by atoms with Crippen molar-refractivity contribution in [3.63, 3.8) is 0 Å². The van der Waals surface area contributed by atoms with Gasteiger partial charge >= 0.3 is 0 Å². The number of hydrogen-bond acceptors (Lipinski definition) is 2. The fraction of sp³-hybridized carbons (Fsp3) is 0.571. The summed E-state index contributed by atoms with van der Waals surface area (Å²) in [7, 11) is 0. The smallest absolute Gasteiger partial charge is 0.0421 e. The molecule has 16 heavy (non-hydrogen) atoms. The summed E-state index contributed by atoms with van der Waals surface area (Å²) in [5, 5.41) is 3.59. The van der Waals surface area contributed by atoms with Crippen LogP contribution in [0.5, 0.6) is 0 Å². The van der Waals surface area contributed by atoms with Gasteiger partial charge in [0.2, 0.25) is 0 Å². The lowest BCUT2D eigenvalue weighted by Gasteiger charge is -2.17. The highest BCUT2D eigenvalue weighted by Gasteiger charge is 2.21. The Morgan fingerprint density at radius 3 is 2.69 bits per heavy atom. The van der Waals surface area contributed by atoms with Gasteiger partial charge in [-0.25, -0.2) is 0 Å². The molecule has 1 aliphatic rings. The van der Waals surface area contributed by atoms with Crippen molar-refractivity contribution in [1.29, 1.82) is 0 Å². The molecule has 0 aromatic heterocycles. The Hall–Kier alpha value is -0.860. The zero-order valence-corrected chi connectivity index (χ0v) is 10.0. The molecule has 0 amide bonds. The molecule has 2 rings (SSSR count). The number of nitrogens with two attached hydrogens (primary N) is 1. The van der Waals surface area contributed by atoms with E-state index < -0.39 is 0 Å². The predicted octanol–water partition coefficient (Wildman–Crippen LogP) is 2.46. The standard InChI is InChI=1S/C14H22N2/c1-11-7-8-13(9-11)16-10-14(15)12-5-3-2-4-6-12/h2-6,11,13-14,16H,7-10,15H2,1H3. The minimum Gasteiger partial charge on any atom is -0.323 e. The van der Waals surface area contributed by atoms with Gasteiger partial charge in [0, 0.05) is 18.6 Å². The molecule has 1 aromatic rings. The van der Waals surface area contributed by atoms with Gasteiger partial charge in [-0.05, 0) is 30.7 Å². The largest absolute Gasteiger partial charge is 0.323 e. The summed E-state index contributed by atoms with van der Waals surface area (Å²) >= 11 is 0. The van der Waals surface area contributed by atoms with Crippen molar-refractivity contribution in [2.45, 2.75) is 38.3 Å². The average Bonchev–Trinajstić information content (AvgIpc) is 2.73. The van der Waals surface area contributed by atoms with Crippen LogP contribution < -0.4 is 11.1 Å². The third-order valence-electron chi connectivity index (χ3n) is 3.55. The first kappa shape index (κ1) is 11.6. The first-order valence-electron chi connectivity index (χ1n) is 6.29. The van der Waals surface area contributed by atoms with Gasteiger partial charge in [0.05, 0.1) is 0 Å². The monoisotopic (exact) mass is 218 g/mol. The second-order valence-electron chi connectivity index (χ2n) is 5.04. The van der Waals surface area contributed by atoms with Crippen molar-refractivity contribution in [1.82, 2.24) is 5.32 Å². The number of rotatable bonds is 4. The molecule has 3 unspecified atom stereocenters. The van der Waals surface area contributed by atoms with Crippen LogP contribution in [0.1, 0.15) is 37.8 Å². The summed E-state index contributed by atoms with van der Waals surface area (Å²) in [6, 6.07) is 11.1. The first-order chi connectivity index (χ1) is 7.75. The summed E-state index contributed by atoms with van der Waals surface area (Å²) in [6.45, 7) is 3.22. The molecular weight excluding hydrogens is 196 g/mol. The van der Waals surface area contributed by atoms with E-state index in [-0.39, 0.29) is 6.04 Å². The SMILES string of the molecule is CC1CCC(NCC(N)c2ccccc2)C1. The van der Waals surface area contributed by atoms with Crippen molar-refractivity contribution in [3.8, 4) is 0 Å². The van der Waals surface area contributed by atoms with Crippen molar-refractivity contribution >= 4 is 0 Å². The van der Waals surface area contributed by atoms with E-state index in [1.54, 1.807) is 0 Å². The van der Waals surface area contributed by atoms with E-state index in [2.05, 4.69) is 24.4 Å². The van der Waals surface area contributed by atoms with Gasteiger partial charge in [0.15, 0.2) is 0 Å². The van der Waals surface area contributed by atoms with E-state index in [1.165, 1.54) is 24.8 Å². The lowest BCUT2D eigenvalue weighted by Crippen LogP contribution is -2.33. The molecule has 2 heteroatoms. The quantitative estimate of drug-likeness (QED) is 0.814. The molecule has 0 radical (unpaired) electrons. The zero-order valence-electron chi connectivity index (χ0n) is 10.0. The Bertz CT molecular complexity index is 310. The van der Waals surface area contributed by atoms with Crippen molar-refractivity contribution in [2.75, 3.05) is 6.54 Å². The molecule has 1 aliphatic carbocycles. The number of hydrogen-bond donors (Lipinski definition) is 2. The van der Waals surface area contributed by atoms with Crippen LogP contribution in [0.4, 0.5) is 0 Å². The molecule has 1 saturated carbocycles. The summed E-state index contributed by atoms with van der Waals surface area (Å²) < 4.78 is 0. The van der Waals surface area contributed by atoms with E-state index in [4.69, 9.17) is 5.73 Å². The number of nitrogens with one attached hydrogen (secondary N) is 1. The van der Waals surface area contributed by atoms with Gasteiger partial charge < -0.3 is 11.1 Å². The summed E-state index contributed by atoms with van der Waals surface area (Å²) in [5.74, 6) is 0.880. The number of benzene rings is 1. The topological polar surface area (TPSA) is 38.0 Å². The molecule has 3 atom stereocenters. The Kier molecular flexibility index (Phi) is 3.97. The normalized spacial score (nSPS) is 26.9. The minimum absolute atomic E-state index is 0.122. The van der Waals surface area contributed by atoms with Gasteiger partial charge in [-0.2, -0.15) is 0 Å². The first-order valence-corrected chi connectivity index (χ1v) is 6.29. The second-order valence-corrected chi connectivity index (χ2v) is 5.04. The lowest BCUT2D eigenvalue weighted by atomic mass is 10.1. The molecule has 0 aliphatic heterocycles. The third-order valence-corrected chi connectivity index (χ3v) is 3.55. The highest BCUT2D eigenvalue weighted by Crippen LogP contribution is 2.24. The summed E-state index contributed by atoms with van der Waals surface area (Å²) in [5.41, 5.74) is 7.37. The van der Waals surface area contributed by atoms with Crippen LogP contribution in [-0.2, 0) is 0 Å². The van der Waals surface area contributed by atoms with E-state index in [1.807, 2.05) is 18.2 Å². The maximum atomic E-state index is 6.15. The van der Waals surface area contributed by atoms with Crippen molar-refractivity contribution < 1.29 is 0 Å². The summed E-state index contributed by atoms with van der Waals surface area (Å²) in [6.07, 6.45) is 3.97. The van der Waals surface area contributed by atoms with Crippen LogP contribution >= 0.6 is 0 Å². The molecule has 1 fully saturated rings. The van der Waals surface area contributed by atoms with Crippen LogP contribution in [0, 0.1) is 5.92 Å². The fourth-order valence-electron chi connectivity index (χ4n) is 2.50. The zero-order chi connectivity index (χ0) is 11.4. The van der Waals surface area contributed by atoms with Gasteiger partial charge in [-0.3, -0.25) is 0 Å². The van der Waals surface area contributed by atoms with Gasteiger partial charge in [0.1, 0.15) is 0 Å². The van der Waals surface area contributed by atoms with E-state index in [9.17, 15) is 0 Å². The molecule has 2 nitrogen and oxygen atoms in total. The van der Waals surface area contributed by atoms with Crippen molar-refractivity contribution in [2.24, 2.45) is 11.7 Å². The molecular formula is C14H22N2. The lowest BCUT2D eigenvalue weighted by molar-refractivity contribution is 0.478. The van der Waals surface area contributed by atoms with Crippen molar-refractivity contribution in [3.05, 3.63) is 35.9 Å². The maximum absolute atomic E-state index is 6.15. The molecule has 1 aromatic carbocycles. The third kappa shape index (κ3) is 3.06. The molecule has 0 bridgehead atoms. The molecule has 3 N–H and O–H groups in total. The highest BCUT2D eigenvalue weighted by atomic mass is 14.9. The molecule has 88 valence electrons. The Morgan fingerprint density at radius 2 is 2.06 bits per heavy atom. The molecule has 0 heterocycles. The average molecular weight is 218 g/mol. The van der Waals surface area contributed by atoms with Crippen LogP contribution in [-0.4, -0.2) is 12.6 Å². The minimum atomic E-state index is 0.122. The Balaban J connectivity index is 1.78. The van der Waals surface area contributed by atoms with E-state index >= 15 is 0 Å². The van der Waals surface area contributed by atoms with Crippen LogP contribution in [0.2, 0.25) is 0 Å². The van der Waals surface area contributed by atoms with Gasteiger partial charge in [-0.1, -0.05) is 37.3 Å². The fourth-order valence-corrected chi connectivity index (χ4v) is 2.50. The second kappa shape index (κ2) is 5.46. The van der Waals surface area contributed by atoms with E-state index in [0.29, 0.717) is 6.04 Å². The Morgan fingerprint density at radius 1 is 1.31 bits per heavy atom. The maximum Gasteiger partial charge on any atom is 0.0421 e. The van der Waals surface area contributed by atoms with Gasteiger partial charge in [0.25, 0.3) is 0 Å². The van der Waals surface area contributed by atoms with Crippen LogP contribution in [0.25, 0.3) is 0 Å². The van der Waals surface area contributed by atoms with Crippen LogP contribution in [0.3, 0.4) is 0 Å². The molecule has 0 saturated heterocycles. The van der Waals surface area contributed by atoms with Crippen LogP contribution in [0.15, 0.2) is 30.3 Å². The Labute approximate surface area is 98.2 Å². The highest BCUT2D eigenvalue weighted by molar-refractivity contribution is 5.18. The van der Waals surface area contributed by atoms with E-state index in [0.717, 1.165) is 12.5 Å².